The number of aliphatic carboxylic acids is 1. The van der Waals surface area contributed by atoms with Crippen LogP contribution in [0.1, 0.15) is 38.5 Å². The number of rotatable bonds is 3. The van der Waals surface area contributed by atoms with Crippen LogP contribution in [0.4, 0.5) is 0 Å². The number of carboxylic acids is 1. The highest BCUT2D eigenvalue weighted by Gasteiger charge is 2.31. The Hall–Kier alpha value is -1.91. The standard InChI is InChI=1S/C10H13NO2.C4H6O2/c12-9-6-7-10(13)11(9)8-4-2-1-3-5-8;1-2-3-4(5)6/h6-8H,1-5H2;2H,1,3H2,(H,5,6). The monoisotopic (exact) mass is 265 g/mol. The maximum Gasteiger partial charge on any atom is 0.307 e. The smallest absolute Gasteiger partial charge is 0.307 e. The second kappa shape index (κ2) is 7.51. The Balaban J connectivity index is 0.000000258. The van der Waals surface area contributed by atoms with Gasteiger partial charge in [-0.1, -0.05) is 25.3 Å². The molecule has 2 rings (SSSR count). The van der Waals surface area contributed by atoms with Crippen molar-refractivity contribution in [2.45, 2.75) is 44.6 Å². The Morgan fingerprint density at radius 2 is 1.79 bits per heavy atom. The molecule has 5 heteroatoms. The lowest BCUT2D eigenvalue weighted by molar-refractivity contribution is -0.140. The van der Waals surface area contributed by atoms with Crippen LogP contribution in [-0.2, 0) is 14.4 Å². The van der Waals surface area contributed by atoms with E-state index in [-0.39, 0.29) is 24.3 Å². The number of nitrogens with zero attached hydrogens (tertiary/aromatic N) is 1. The molecule has 1 aliphatic heterocycles. The first-order valence-electron chi connectivity index (χ1n) is 6.44. The fourth-order valence-electron chi connectivity index (χ4n) is 2.23. The van der Waals surface area contributed by atoms with Crippen molar-refractivity contribution in [1.82, 2.24) is 4.90 Å². The first-order valence-corrected chi connectivity index (χ1v) is 6.44. The van der Waals surface area contributed by atoms with Crippen LogP contribution in [0.3, 0.4) is 0 Å². The van der Waals surface area contributed by atoms with Gasteiger partial charge in [0.25, 0.3) is 11.8 Å². The number of carboxylic acid groups (broad SMARTS) is 1. The zero-order chi connectivity index (χ0) is 14.3. The fourth-order valence-corrected chi connectivity index (χ4v) is 2.23. The molecule has 1 saturated carbocycles. The molecule has 2 amide bonds. The topological polar surface area (TPSA) is 74.7 Å². The quantitative estimate of drug-likeness (QED) is 0.624. The van der Waals surface area contributed by atoms with Crippen molar-refractivity contribution in [3.05, 3.63) is 24.8 Å². The Morgan fingerprint density at radius 3 is 2.16 bits per heavy atom. The average molecular weight is 265 g/mol. The summed E-state index contributed by atoms with van der Waals surface area (Å²) in [5.74, 6) is -1.08. The molecule has 0 aromatic heterocycles. The first kappa shape index (κ1) is 15.1. The van der Waals surface area contributed by atoms with Crippen LogP contribution in [-0.4, -0.2) is 33.8 Å². The van der Waals surface area contributed by atoms with Crippen LogP contribution in [0.15, 0.2) is 24.8 Å². The van der Waals surface area contributed by atoms with E-state index in [0.29, 0.717) is 0 Å². The summed E-state index contributed by atoms with van der Waals surface area (Å²) >= 11 is 0. The van der Waals surface area contributed by atoms with Gasteiger partial charge in [-0.2, -0.15) is 0 Å². The predicted octanol–water partition coefficient (Wildman–Crippen LogP) is 1.89. The number of carbonyl (C=O) groups is 3. The summed E-state index contributed by atoms with van der Waals surface area (Å²) < 4.78 is 0. The highest BCUT2D eigenvalue weighted by Crippen LogP contribution is 2.24. The molecule has 2 aliphatic rings. The molecule has 5 nitrogen and oxygen atoms in total. The molecule has 1 N–H and O–H groups in total. The van der Waals surface area contributed by atoms with E-state index in [2.05, 4.69) is 6.58 Å². The van der Waals surface area contributed by atoms with Gasteiger partial charge in [0.2, 0.25) is 0 Å². The molecule has 0 saturated heterocycles. The number of imide groups is 1. The van der Waals surface area contributed by atoms with Crippen molar-refractivity contribution in [1.29, 1.82) is 0 Å². The summed E-state index contributed by atoms with van der Waals surface area (Å²) in [6, 6.07) is 0.170. The van der Waals surface area contributed by atoms with Gasteiger partial charge >= 0.3 is 5.97 Å². The minimum absolute atomic E-state index is 0.0556. The van der Waals surface area contributed by atoms with Gasteiger partial charge in [0.15, 0.2) is 0 Å². The summed E-state index contributed by atoms with van der Waals surface area (Å²) in [5, 5.41) is 7.84. The van der Waals surface area contributed by atoms with Crippen molar-refractivity contribution in [3.63, 3.8) is 0 Å². The second-order valence-corrected chi connectivity index (χ2v) is 4.56. The lowest BCUT2D eigenvalue weighted by atomic mass is 9.94. The lowest BCUT2D eigenvalue weighted by Crippen LogP contribution is -2.41. The molecule has 1 aliphatic carbocycles. The van der Waals surface area contributed by atoms with Crippen LogP contribution in [0.5, 0.6) is 0 Å². The number of hydrogen-bond acceptors (Lipinski definition) is 3. The molecule has 0 radical (unpaired) electrons. The molecular formula is C14H19NO4. The minimum atomic E-state index is -0.829. The molecule has 1 fully saturated rings. The maximum atomic E-state index is 11.3. The van der Waals surface area contributed by atoms with E-state index in [1.165, 1.54) is 29.5 Å². The van der Waals surface area contributed by atoms with Crippen molar-refractivity contribution in [2.75, 3.05) is 0 Å². The number of amides is 2. The Labute approximate surface area is 112 Å². The molecule has 0 bridgehead atoms. The van der Waals surface area contributed by atoms with Gasteiger partial charge in [-0.25, -0.2) is 0 Å². The van der Waals surface area contributed by atoms with Gasteiger partial charge < -0.3 is 5.11 Å². The third-order valence-electron chi connectivity index (χ3n) is 3.10. The summed E-state index contributed by atoms with van der Waals surface area (Å²) in [7, 11) is 0. The summed E-state index contributed by atoms with van der Waals surface area (Å²) in [6.07, 6.45) is 9.64. The highest BCUT2D eigenvalue weighted by molar-refractivity contribution is 6.13. The van der Waals surface area contributed by atoms with E-state index in [4.69, 9.17) is 5.11 Å². The van der Waals surface area contributed by atoms with Crippen LogP contribution < -0.4 is 0 Å². The average Bonchev–Trinajstić information content (AvgIpc) is 2.71. The molecule has 0 aromatic carbocycles. The molecule has 104 valence electrons. The molecule has 0 unspecified atom stereocenters. The zero-order valence-corrected chi connectivity index (χ0v) is 10.9. The van der Waals surface area contributed by atoms with Crippen LogP contribution in [0.25, 0.3) is 0 Å². The van der Waals surface area contributed by atoms with Gasteiger partial charge in [-0.05, 0) is 12.8 Å². The van der Waals surface area contributed by atoms with Crippen molar-refractivity contribution >= 4 is 17.8 Å². The predicted molar refractivity (Wildman–Crippen MR) is 70.3 cm³/mol. The molecule has 1 heterocycles. The lowest BCUT2D eigenvalue weighted by Gasteiger charge is -2.29. The van der Waals surface area contributed by atoms with Gasteiger partial charge in [0.1, 0.15) is 0 Å². The van der Waals surface area contributed by atoms with Crippen molar-refractivity contribution in [3.8, 4) is 0 Å². The molecule has 0 spiro atoms. The third-order valence-corrected chi connectivity index (χ3v) is 3.10. The highest BCUT2D eigenvalue weighted by atomic mass is 16.4. The SMILES string of the molecule is C=CCC(=O)O.O=C1C=CC(=O)N1C1CCCCC1. The van der Waals surface area contributed by atoms with E-state index in [0.717, 1.165) is 25.7 Å². The van der Waals surface area contributed by atoms with Gasteiger partial charge in [-0.15, -0.1) is 6.58 Å². The van der Waals surface area contributed by atoms with Crippen LogP contribution in [0, 0.1) is 0 Å². The normalized spacial score (nSPS) is 19.1. The molecule has 0 atom stereocenters. The van der Waals surface area contributed by atoms with E-state index >= 15 is 0 Å². The largest absolute Gasteiger partial charge is 0.481 e. The van der Waals surface area contributed by atoms with Crippen molar-refractivity contribution < 1.29 is 19.5 Å². The molecule has 19 heavy (non-hydrogen) atoms. The number of carbonyl (C=O) groups excluding carboxylic acids is 2. The fraction of sp³-hybridized carbons (Fsp3) is 0.500. The van der Waals surface area contributed by atoms with E-state index < -0.39 is 5.97 Å². The first-order chi connectivity index (χ1) is 9.06. The van der Waals surface area contributed by atoms with E-state index in [1.54, 1.807) is 0 Å². The Kier molecular flexibility index (Phi) is 5.99. The van der Waals surface area contributed by atoms with Crippen molar-refractivity contribution in [2.24, 2.45) is 0 Å². The summed E-state index contributed by atoms with van der Waals surface area (Å²) in [4.78, 5) is 33.5. The van der Waals surface area contributed by atoms with Crippen LogP contribution in [0.2, 0.25) is 0 Å². The van der Waals surface area contributed by atoms with Gasteiger partial charge in [0.05, 0.1) is 6.42 Å². The minimum Gasteiger partial charge on any atom is -0.481 e. The Morgan fingerprint density at radius 1 is 1.26 bits per heavy atom. The van der Waals surface area contributed by atoms with E-state index in [9.17, 15) is 14.4 Å². The second-order valence-electron chi connectivity index (χ2n) is 4.56. The third kappa shape index (κ3) is 4.69. The Bertz CT molecular complexity index is 376. The zero-order valence-electron chi connectivity index (χ0n) is 10.9. The summed E-state index contributed by atoms with van der Waals surface area (Å²) in [5.41, 5.74) is 0. The maximum absolute atomic E-state index is 11.3. The van der Waals surface area contributed by atoms with Crippen LogP contribution >= 0.6 is 0 Å². The van der Waals surface area contributed by atoms with E-state index in [1.807, 2.05) is 0 Å². The number of hydrogen-bond donors (Lipinski definition) is 1. The molecular weight excluding hydrogens is 246 g/mol. The molecule has 0 aromatic rings. The van der Waals surface area contributed by atoms with Gasteiger partial charge in [0, 0.05) is 18.2 Å². The summed E-state index contributed by atoms with van der Waals surface area (Å²) in [6.45, 7) is 3.22. The van der Waals surface area contributed by atoms with Gasteiger partial charge in [-0.3, -0.25) is 19.3 Å².